The number of rotatable bonds is 5. The van der Waals surface area contributed by atoms with Gasteiger partial charge in [0.1, 0.15) is 6.04 Å². The van der Waals surface area contributed by atoms with Crippen molar-refractivity contribution in [3.05, 3.63) is 0 Å². The molecular weight excluding hydrogens is 204 g/mol. The Morgan fingerprint density at radius 2 is 1.83 bits per heavy atom. The lowest BCUT2D eigenvalue weighted by atomic mass is 10.2. The van der Waals surface area contributed by atoms with E-state index in [1.54, 1.807) is 0 Å². The van der Waals surface area contributed by atoms with Crippen LogP contribution in [0.1, 0.15) is 19.3 Å². The number of carbonyl (C=O) groups is 1. The average Bonchev–Trinajstić information content (AvgIpc) is 1.88. The Hall–Kier alpha value is -0.0300. The third-order valence-corrected chi connectivity index (χ3v) is 1.29. The number of hydrogen-bond donors (Lipinski definition) is 3. The van der Waals surface area contributed by atoms with Crippen molar-refractivity contribution < 1.29 is 9.90 Å². The van der Waals surface area contributed by atoms with Gasteiger partial charge in [0, 0.05) is 0 Å². The summed E-state index contributed by atoms with van der Waals surface area (Å²) in [5, 5.41) is 8.33. The molecule has 0 aliphatic rings. The minimum Gasteiger partial charge on any atom is -0.480 e. The number of aliphatic carboxylic acids is 1. The number of nitrogens with two attached hydrogens (primary N) is 2. The van der Waals surface area contributed by atoms with Gasteiger partial charge in [0.25, 0.3) is 0 Å². The van der Waals surface area contributed by atoms with Crippen molar-refractivity contribution in [1.29, 1.82) is 0 Å². The van der Waals surface area contributed by atoms with Gasteiger partial charge in [-0.25, -0.2) is 0 Å². The van der Waals surface area contributed by atoms with Gasteiger partial charge in [-0.15, -0.1) is 24.8 Å². The molecule has 4 nitrogen and oxygen atoms in total. The highest BCUT2D eigenvalue weighted by Gasteiger charge is 2.09. The van der Waals surface area contributed by atoms with E-state index in [1.165, 1.54) is 0 Å². The summed E-state index contributed by atoms with van der Waals surface area (Å²) in [6.07, 6.45) is 2.16. The van der Waals surface area contributed by atoms with Gasteiger partial charge in [-0.05, 0) is 19.4 Å². The zero-order valence-corrected chi connectivity index (χ0v) is 8.37. The van der Waals surface area contributed by atoms with E-state index in [2.05, 4.69) is 0 Å². The summed E-state index contributed by atoms with van der Waals surface area (Å²) in [5.41, 5.74) is 10.4. The Morgan fingerprint density at radius 3 is 2.17 bits per heavy atom. The van der Waals surface area contributed by atoms with Crippen LogP contribution >= 0.6 is 24.8 Å². The van der Waals surface area contributed by atoms with Crippen LogP contribution < -0.4 is 11.5 Å². The van der Waals surface area contributed by atoms with E-state index in [4.69, 9.17) is 16.6 Å². The predicted molar refractivity (Wildman–Crippen MR) is 53.0 cm³/mol. The number of unbranched alkanes of at least 4 members (excludes halogenated alkanes) is 1. The third-order valence-electron chi connectivity index (χ3n) is 1.29. The van der Waals surface area contributed by atoms with E-state index in [1.807, 2.05) is 0 Å². The summed E-state index contributed by atoms with van der Waals surface area (Å²) < 4.78 is 0. The van der Waals surface area contributed by atoms with E-state index in [9.17, 15) is 4.79 Å². The molecule has 0 fully saturated rings. The molecular formula is C6H16Cl2N2O2. The molecule has 76 valence electrons. The van der Waals surface area contributed by atoms with Crippen molar-refractivity contribution in [3.63, 3.8) is 0 Å². The van der Waals surface area contributed by atoms with Gasteiger partial charge in [0.05, 0.1) is 0 Å². The molecule has 6 heteroatoms. The summed E-state index contributed by atoms with van der Waals surface area (Å²) in [4.78, 5) is 10.1. The quantitative estimate of drug-likeness (QED) is 0.461. The second kappa shape index (κ2) is 11.0. The zero-order chi connectivity index (χ0) is 7.98. The van der Waals surface area contributed by atoms with Gasteiger partial charge < -0.3 is 16.6 Å². The third kappa shape index (κ3) is 9.97. The van der Waals surface area contributed by atoms with E-state index in [-0.39, 0.29) is 24.8 Å². The van der Waals surface area contributed by atoms with Gasteiger partial charge >= 0.3 is 5.97 Å². The molecule has 0 rings (SSSR count). The van der Waals surface area contributed by atoms with Crippen molar-refractivity contribution in [2.45, 2.75) is 25.3 Å². The van der Waals surface area contributed by atoms with Crippen LogP contribution in [0.4, 0.5) is 0 Å². The monoisotopic (exact) mass is 219 g/mol. The normalized spacial score (nSPS) is 10.8. The molecule has 0 radical (unpaired) electrons. The predicted octanol–water partition coefficient (Wildman–Crippen LogP) is 0.371. The maximum Gasteiger partial charge on any atom is 0.320 e. The lowest BCUT2D eigenvalue weighted by Gasteiger charge is -2.03. The fourth-order valence-corrected chi connectivity index (χ4v) is 0.632. The number of carboxylic acids is 1. The molecule has 0 saturated heterocycles. The molecule has 0 aromatic rings. The summed E-state index contributed by atoms with van der Waals surface area (Å²) >= 11 is 0. The molecule has 0 spiro atoms. The van der Waals surface area contributed by atoms with Crippen LogP contribution in [0.15, 0.2) is 0 Å². The minimum absolute atomic E-state index is 0. The first kappa shape index (κ1) is 17.9. The van der Waals surface area contributed by atoms with Crippen LogP contribution in [0.5, 0.6) is 0 Å². The molecule has 0 bridgehead atoms. The van der Waals surface area contributed by atoms with E-state index >= 15 is 0 Å². The lowest BCUT2D eigenvalue weighted by Crippen LogP contribution is -2.29. The van der Waals surface area contributed by atoms with Crippen molar-refractivity contribution >= 4 is 30.8 Å². The van der Waals surface area contributed by atoms with Crippen LogP contribution in [0, 0.1) is 0 Å². The first-order valence-corrected chi connectivity index (χ1v) is 3.37. The van der Waals surface area contributed by atoms with Gasteiger partial charge in [-0.2, -0.15) is 0 Å². The Bertz CT molecular complexity index is 114. The largest absolute Gasteiger partial charge is 0.480 e. The van der Waals surface area contributed by atoms with Gasteiger partial charge in [0.15, 0.2) is 0 Å². The summed E-state index contributed by atoms with van der Waals surface area (Å²) in [7, 11) is 0. The van der Waals surface area contributed by atoms with E-state index in [0.29, 0.717) is 13.0 Å². The second-order valence-corrected chi connectivity index (χ2v) is 2.23. The molecule has 1 atom stereocenters. The van der Waals surface area contributed by atoms with Gasteiger partial charge in [-0.1, -0.05) is 6.42 Å². The summed E-state index contributed by atoms with van der Waals surface area (Å²) in [6.45, 7) is 0.604. The Morgan fingerprint density at radius 1 is 1.33 bits per heavy atom. The summed E-state index contributed by atoms with van der Waals surface area (Å²) in [5.74, 6) is -0.933. The highest BCUT2D eigenvalue weighted by atomic mass is 35.5. The maximum absolute atomic E-state index is 10.1. The van der Waals surface area contributed by atoms with Crippen molar-refractivity contribution in [1.82, 2.24) is 0 Å². The molecule has 0 amide bonds. The molecule has 5 N–H and O–H groups in total. The topological polar surface area (TPSA) is 89.3 Å². The minimum atomic E-state index is -0.933. The molecule has 0 saturated carbocycles. The van der Waals surface area contributed by atoms with Crippen LogP contribution in [0.2, 0.25) is 0 Å². The Balaban J connectivity index is -0.000000405. The highest BCUT2D eigenvalue weighted by molar-refractivity contribution is 5.85. The Kier molecular flexibility index (Phi) is 16.4. The summed E-state index contributed by atoms with van der Waals surface area (Å²) in [6, 6.07) is -0.716. The molecule has 0 aromatic heterocycles. The standard InChI is InChI=1S/C6H14N2O2.2ClH/c7-4-2-1-3-5(8)6(9)10;;/h5H,1-4,7-8H2,(H,9,10);2*1H/t5-;;/m0../s1/i6+1;;. The van der Waals surface area contributed by atoms with Crippen molar-refractivity contribution in [2.75, 3.05) is 6.54 Å². The second-order valence-electron chi connectivity index (χ2n) is 2.23. The molecule has 12 heavy (non-hydrogen) atoms. The van der Waals surface area contributed by atoms with Crippen molar-refractivity contribution in [3.8, 4) is 0 Å². The van der Waals surface area contributed by atoms with E-state index in [0.717, 1.165) is 12.8 Å². The SMILES string of the molecule is Cl.Cl.NCCCC[C@H](N)[13C](=O)O. The van der Waals surface area contributed by atoms with Crippen molar-refractivity contribution in [2.24, 2.45) is 11.5 Å². The maximum atomic E-state index is 10.1. The first-order chi connectivity index (χ1) is 4.68. The molecule has 0 aliphatic heterocycles. The van der Waals surface area contributed by atoms with Crippen LogP contribution in [-0.4, -0.2) is 23.7 Å². The molecule has 0 aromatic carbocycles. The fraction of sp³-hybridized carbons (Fsp3) is 0.833. The zero-order valence-electron chi connectivity index (χ0n) is 6.73. The van der Waals surface area contributed by atoms with Crippen LogP contribution in [-0.2, 0) is 4.79 Å². The number of hydrogen-bond acceptors (Lipinski definition) is 3. The van der Waals surface area contributed by atoms with Gasteiger partial charge in [0.2, 0.25) is 0 Å². The molecule has 0 heterocycles. The number of carboxylic acid groups (broad SMARTS) is 1. The highest BCUT2D eigenvalue weighted by Crippen LogP contribution is 1.96. The van der Waals surface area contributed by atoms with Gasteiger partial charge in [-0.3, -0.25) is 4.79 Å². The molecule has 0 unspecified atom stereocenters. The first-order valence-electron chi connectivity index (χ1n) is 3.37. The number of halogens is 2. The van der Waals surface area contributed by atoms with Crippen LogP contribution in [0.25, 0.3) is 0 Å². The Labute approximate surface area is 84.5 Å². The van der Waals surface area contributed by atoms with E-state index < -0.39 is 12.0 Å². The molecule has 0 aliphatic carbocycles. The lowest BCUT2D eigenvalue weighted by molar-refractivity contribution is -0.138. The van der Waals surface area contributed by atoms with Crippen LogP contribution in [0.3, 0.4) is 0 Å². The fourth-order valence-electron chi connectivity index (χ4n) is 0.632. The smallest absolute Gasteiger partial charge is 0.320 e. The average molecular weight is 220 g/mol.